The predicted octanol–water partition coefficient (Wildman–Crippen LogP) is 2.89. The van der Waals surface area contributed by atoms with Gasteiger partial charge in [-0.1, -0.05) is 49.4 Å². The standard InChI is InChI=1S/C20H27N3O/c1-4-23(15-18-10-12-19(13-11-18)22(2)3)16-20(24)21-14-17-8-6-5-7-9-17/h5-13H,4,14-16H2,1-3H3,(H,21,24). The van der Waals surface area contributed by atoms with E-state index in [1.165, 1.54) is 11.3 Å². The lowest BCUT2D eigenvalue weighted by molar-refractivity contribution is -0.122. The normalized spacial score (nSPS) is 10.7. The van der Waals surface area contributed by atoms with Gasteiger partial charge in [0.1, 0.15) is 0 Å². The van der Waals surface area contributed by atoms with Gasteiger partial charge in [0.2, 0.25) is 5.91 Å². The van der Waals surface area contributed by atoms with Crippen LogP contribution in [0.5, 0.6) is 0 Å². The Morgan fingerprint density at radius 3 is 2.21 bits per heavy atom. The van der Waals surface area contributed by atoms with Gasteiger partial charge >= 0.3 is 0 Å². The molecular formula is C20H27N3O. The molecule has 24 heavy (non-hydrogen) atoms. The summed E-state index contributed by atoms with van der Waals surface area (Å²) in [6, 6.07) is 18.4. The molecule has 0 atom stereocenters. The molecular weight excluding hydrogens is 298 g/mol. The second-order valence-electron chi connectivity index (χ2n) is 6.13. The van der Waals surface area contributed by atoms with Crippen LogP contribution in [0.3, 0.4) is 0 Å². The molecule has 2 aromatic carbocycles. The highest BCUT2D eigenvalue weighted by atomic mass is 16.2. The third-order valence-corrected chi connectivity index (χ3v) is 4.01. The molecule has 128 valence electrons. The Kier molecular flexibility index (Phi) is 6.82. The second-order valence-corrected chi connectivity index (χ2v) is 6.13. The predicted molar refractivity (Wildman–Crippen MR) is 100 cm³/mol. The van der Waals surface area contributed by atoms with Gasteiger partial charge in [-0.05, 0) is 29.8 Å². The fraction of sp³-hybridized carbons (Fsp3) is 0.350. The Balaban J connectivity index is 1.83. The van der Waals surface area contributed by atoms with Crippen LogP contribution < -0.4 is 10.2 Å². The molecule has 0 radical (unpaired) electrons. The fourth-order valence-electron chi connectivity index (χ4n) is 2.49. The van der Waals surface area contributed by atoms with Gasteiger partial charge in [-0.3, -0.25) is 9.69 Å². The van der Waals surface area contributed by atoms with Crippen molar-refractivity contribution in [2.75, 3.05) is 32.1 Å². The van der Waals surface area contributed by atoms with Crippen LogP contribution in [0.4, 0.5) is 5.69 Å². The van der Waals surface area contributed by atoms with Gasteiger partial charge in [-0.25, -0.2) is 0 Å². The lowest BCUT2D eigenvalue weighted by Crippen LogP contribution is -2.36. The largest absolute Gasteiger partial charge is 0.378 e. The van der Waals surface area contributed by atoms with Crippen molar-refractivity contribution in [3.63, 3.8) is 0 Å². The Morgan fingerprint density at radius 2 is 1.62 bits per heavy atom. The molecule has 0 aliphatic heterocycles. The first-order chi connectivity index (χ1) is 11.6. The summed E-state index contributed by atoms with van der Waals surface area (Å²) in [5.41, 5.74) is 3.52. The zero-order valence-electron chi connectivity index (χ0n) is 14.8. The first kappa shape index (κ1) is 18.0. The zero-order chi connectivity index (χ0) is 17.4. The number of rotatable bonds is 8. The summed E-state index contributed by atoms with van der Waals surface area (Å²) in [6.07, 6.45) is 0. The quantitative estimate of drug-likeness (QED) is 0.810. The number of carbonyl (C=O) groups is 1. The summed E-state index contributed by atoms with van der Waals surface area (Å²) in [7, 11) is 4.06. The first-order valence-electron chi connectivity index (χ1n) is 8.37. The number of anilines is 1. The Hall–Kier alpha value is -2.33. The average molecular weight is 325 g/mol. The number of hydrogen-bond donors (Lipinski definition) is 1. The van der Waals surface area contributed by atoms with Gasteiger partial charge in [-0.15, -0.1) is 0 Å². The van der Waals surface area contributed by atoms with Crippen molar-refractivity contribution in [3.8, 4) is 0 Å². The summed E-state index contributed by atoms with van der Waals surface area (Å²) in [4.78, 5) is 16.4. The van der Waals surface area contributed by atoms with Crippen LogP contribution >= 0.6 is 0 Å². The van der Waals surface area contributed by atoms with Gasteiger partial charge in [0.05, 0.1) is 6.54 Å². The van der Waals surface area contributed by atoms with E-state index in [9.17, 15) is 4.79 Å². The minimum atomic E-state index is 0.0608. The second kappa shape index (κ2) is 9.08. The smallest absolute Gasteiger partial charge is 0.234 e. The third-order valence-electron chi connectivity index (χ3n) is 4.01. The van der Waals surface area contributed by atoms with Gasteiger partial charge < -0.3 is 10.2 Å². The minimum absolute atomic E-state index is 0.0608. The van der Waals surface area contributed by atoms with Crippen LogP contribution in [0.1, 0.15) is 18.1 Å². The molecule has 0 bridgehead atoms. The summed E-state index contributed by atoms with van der Waals surface area (Å²) in [6.45, 7) is 4.70. The van der Waals surface area contributed by atoms with Crippen LogP contribution in [-0.4, -0.2) is 38.0 Å². The highest BCUT2D eigenvalue weighted by Gasteiger charge is 2.09. The zero-order valence-corrected chi connectivity index (χ0v) is 14.8. The maximum atomic E-state index is 12.2. The molecule has 0 unspecified atom stereocenters. The molecule has 1 amide bonds. The number of amides is 1. The number of nitrogens with one attached hydrogen (secondary N) is 1. The van der Waals surface area contributed by atoms with E-state index in [0.29, 0.717) is 13.1 Å². The topological polar surface area (TPSA) is 35.6 Å². The van der Waals surface area contributed by atoms with Crippen LogP contribution in [-0.2, 0) is 17.9 Å². The van der Waals surface area contributed by atoms with Gasteiger partial charge in [0.25, 0.3) is 0 Å². The van der Waals surface area contributed by atoms with Crippen molar-refractivity contribution >= 4 is 11.6 Å². The molecule has 4 heteroatoms. The monoisotopic (exact) mass is 325 g/mol. The van der Waals surface area contributed by atoms with E-state index in [1.54, 1.807) is 0 Å². The summed E-state index contributed by atoms with van der Waals surface area (Å²) < 4.78 is 0. The SMILES string of the molecule is CCN(CC(=O)NCc1ccccc1)Cc1ccc(N(C)C)cc1. The van der Waals surface area contributed by atoms with E-state index in [-0.39, 0.29) is 5.91 Å². The highest BCUT2D eigenvalue weighted by Crippen LogP contribution is 2.13. The van der Waals surface area contributed by atoms with Crippen LogP contribution in [0.25, 0.3) is 0 Å². The molecule has 0 aliphatic rings. The van der Waals surface area contributed by atoms with Crippen LogP contribution in [0, 0.1) is 0 Å². The Morgan fingerprint density at radius 1 is 0.958 bits per heavy atom. The highest BCUT2D eigenvalue weighted by molar-refractivity contribution is 5.78. The number of likely N-dealkylation sites (N-methyl/N-ethyl adjacent to an activating group) is 1. The van der Waals surface area contributed by atoms with Crippen molar-refractivity contribution in [1.82, 2.24) is 10.2 Å². The lowest BCUT2D eigenvalue weighted by Gasteiger charge is -2.20. The summed E-state index contributed by atoms with van der Waals surface area (Å²) in [5, 5.41) is 2.99. The summed E-state index contributed by atoms with van der Waals surface area (Å²) >= 11 is 0. The van der Waals surface area contributed by atoms with Crippen molar-refractivity contribution in [1.29, 1.82) is 0 Å². The van der Waals surface area contributed by atoms with Gasteiger partial charge in [0.15, 0.2) is 0 Å². The molecule has 0 heterocycles. The molecule has 0 saturated carbocycles. The Labute approximate surface area is 145 Å². The third kappa shape index (κ3) is 5.70. The van der Waals surface area contributed by atoms with Gasteiger partial charge in [-0.2, -0.15) is 0 Å². The molecule has 0 fully saturated rings. The minimum Gasteiger partial charge on any atom is -0.378 e. The lowest BCUT2D eigenvalue weighted by atomic mass is 10.2. The molecule has 0 saturated heterocycles. The molecule has 2 rings (SSSR count). The van der Waals surface area contributed by atoms with Crippen molar-refractivity contribution in [2.45, 2.75) is 20.0 Å². The number of benzene rings is 2. The van der Waals surface area contributed by atoms with Crippen LogP contribution in [0.15, 0.2) is 54.6 Å². The number of carbonyl (C=O) groups excluding carboxylic acids is 1. The first-order valence-corrected chi connectivity index (χ1v) is 8.37. The van der Waals surface area contributed by atoms with E-state index >= 15 is 0 Å². The molecule has 4 nitrogen and oxygen atoms in total. The molecule has 2 aromatic rings. The Bertz CT molecular complexity index is 623. The van der Waals surface area contributed by atoms with Gasteiger partial charge in [0, 0.05) is 32.9 Å². The molecule has 0 spiro atoms. The van der Waals surface area contributed by atoms with E-state index in [4.69, 9.17) is 0 Å². The van der Waals surface area contributed by atoms with Crippen LogP contribution in [0.2, 0.25) is 0 Å². The fourth-order valence-corrected chi connectivity index (χ4v) is 2.49. The summed E-state index contributed by atoms with van der Waals surface area (Å²) in [5.74, 6) is 0.0608. The molecule has 1 N–H and O–H groups in total. The maximum Gasteiger partial charge on any atom is 0.234 e. The van der Waals surface area contributed by atoms with Crippen molar-refractivity contribution in [3.05, 3.63) is 65.7 Å². The van der Waals surface area contributed by atoms with Crippen molar-refractivity contribution in [2.24, 2.45) is 0 Å². The number of hydrogen-bond acceptors (Lipinski definition) is 3. The van der Waals surface area contributed by atoms with E-state index < -0.39 is 0 Å². The molecule has 0 aromatic heterocycles. The van der Waals surface area contributed by atoms with E-state index in [0.717, 1.165) is 18.7 Å². The average Bonchev–Trinajstić information content (AvgIpc) is 2.60. The maximum absolute atomic E-state index is 12.2. The van der Waals surface area contributed by atoms with E-state index in [1.807, 2.05) is 44.4 Å². The number of nitrogens with zero attached hydrogens (tertiary/aromatic N) is 2. The van der Waals surface area contributed by atoms with E-state index in [2.05, 4.69) is 46.3 Å². The molecule has 0 aliphatic carbocycles. The van der Waals surface area contributed by atoms with Crippen molar-refractivity contribution < 1.29 is 4.79 Å².